The van der Waals surface area contributed by atoms with Crippen LogP contribution in [0.2, 0.25) is 0 Å². The number of aliphatic hydroxyl groups is 1. The van der Waals surface area contributed by atoms with E-state index in [9.17, 15) is 19.4 Å². The van der Waals surface area contributed by atoms with Gasteiger partial charge < -0.3 is 19.8 Å². The van der Waals surface area contributed by atoms with Crippen molar-refractivity contribution < 1.29 is 32.9 Å². The monoisotopic (exact) mass is 1250 g/mol. The highest BCUT2D eigenvalue weighted by molar-refractivity contribution is 7.47. The summed E-state index contributed by atoms with van der Waals surface area (Å²) >= 11 is 0. The van der Waals surface area contributed by atoms with Gasteiger partial charge in [0, 0.05) is 6.42 Å². The highest BCUT2D eigenvalue weighted by atomic mass is 31.2. The van der Waals surface area contributed by atoms with E-state index in [1.54, 1.807) is 0 Å². The Morgan fingerprint density at radius 2 is 0.655 bits per heavy atom. The molecule has 0 spiro atoms. The molecular weight excluding hydrogens is 1090 g/mol. The second-order valence-corrected chi connectivity index (χ2v) is 29.9. The highest BCUT2D eigenvalue weighted by Gasteiger charge is 2.28. The van der Waals surface area contributed by atoms with Crippen molar-refractivity contribution in [3.8, 4) is 0 Å². The molecule has 1 amide bonds. The fraction of sp³-hybridized carbons (Fsp3) is 0.936. The Balaban J connectivity index is 3.89. The van der Waals surface area contributed by atoms with E-state index >= 15 is 0 Å². The molecule has 0 aromatic heterocycles. The van der Waals surface area contributed by atoms with Gasteiger partial charge in [-0.1, -0.05) is 391 Å². The molecule has 3 unspecified atom stereocenters. The largest absolute Gasteiger partial charge is 0.472 e. The molecule has 8 nitrogen and oxygen atoms in total. The van der Waals surface area contributed by atoms with Crippen molar-refractivity contribution in [2.24, 2.45) is 0 Å². The third-order valence-corrected chi connectivity index (χ3v) is 19.4. The lowest BCUT2D eigenvalue weighted by Crippen LogP contribution is -2.46. The van der Waals surface area contributed by atoms with E-state index in [1.807, 2.05) is 21.1 Å². The molecule has 0 aromatic carbocycles. The molecular formula is C78H156N2O6P+. The van der Waals surface area contributed by atoms with Crippen LogP contribution in [0.5, 0.6) is 0 Å². The molecule has 0 aliphatic rings. The van der Waals surface area contributed by atoms with E-state index in [2.05, 4.69) is 43.5 Å². The molecule has 0 saturated heterocycles. The molecule has 3 atom stereocenters. The maximum atomic E-state index is 13.1. The van der Waals surface area contributed by atoms with E-state index < -0.39 is 20.0 Å². The molecule has 0 fully saturated rings. The molecule has 87 heavy (non-hydrogen) atoms. The summed E-state index contributed by atoms with van der Waals surface area (Å²) in [4.78, 5) is 23.5. The van der Waals surface area contributed by atoms with Gasteiger partial charge >= 0.3 is 7.82 Å². The number of allylic oxidation sites excluding steroid dienone is 4. The zero-order chi connectivity index (χ0) is 63.4. The summed E-state index contributed by atoms with van der Waals surface area (Å²) in [7, 11) is 1.64. The first-order valence-corrected chi connectivity index (χ1v) is 40.7. The summed E-state index contributed by atoms with van der Waals surface area (Å²) in [5, 5.41) is 14.2. The number of phosphoric ester groups is 1. The number of hydrogen-bond donors (Lipinski definition) is 3. The number of nitrogens with one attached hydrogen (secondary N) is 1. The normalized spacial score (nSPS) is 13.6. The van der Waals surface area contributed by atoms with Crippen LogP contribution in [0.1, 0.15) is 418 Å². The Labute approximate surface area is 545 Å². The first-order valence-electron chi connectivity index (χ1n) is 39.2. The quantitative estimate of drug-likeness (QED) is 0.0243. The number of rotatable bonds is 74. The van der Waals surface area contributed by atoms with Crippen molar-refractivity contribution >= 4 is 13.7 Å². The predicted octanol–water partition coefficient (Wildman–Crippen LogP) is 25.4. The van der Waals surface area contributed by atoms with Gasteiger partial charge in [0.2, 0.25) is 5.91 Å². The van der Waals surface area contributed by atoms with E-state index in [-0.39, 0.29) is 19.1 Å². The number of aliphatic hydroxyl groups excluding tert-OH is 1. The Kier molecular flexibility index (Phi) is 68.5. The van der Waals surface area contributed by atoms with E-state index in [1.165, 1.54) is 347 Å². The molecule has 0 aliphatic carbocycles. The van der Waals surface area contributed by atoms with E-state index in [0.29, 0.717) is 23.9 Å². The lowest BCUT2D eigenvalue weighted by Gasteiger charge is -2.26. The summed E-state index contributed by atoms with van der Waals surface area (Å²) in [6.07, 6.45) is 91.8. The van der Waals surface area contributed by atoms with Crippen LogP contribution in [0.4, 0.5) is 0 Å². The molecule has 3 N–H and O–H groups in total. The number of quaternary nitrogens is 1. The number of nitrogens with zero attached hydrogens (tertiary/aromatic N) is 1. The fourth-order valence-electron chi connectivity index (χ4n) is 12.4. The summed E-state index contributed by atoms with van der Waals surface area (Å²) in [5.74, 6) is -0.133. The van der Waals surface area contributed by atoms with Gasteiger partial charge in [-0.3, -0.25) is 13.8 Å². The Hall–Kier alpha value is -1.02. The van der Waals surface area contributed by atoms with Crippen LogP contribution in [0.15, 0.2) is 24.3 Å². The summed E-state index contributed by atoms with van der Waals surface area (Å²) < 4.78 is 23.9. The number of likely N-dealkylation sites (N-methyl/N-ethyl adjacent to an activating group) is 1. The number of unbranched alkanes of at least 4 members (excludes halogenated alkanes) is 57. The number of carbonyl (C=O) groups is 1. The molecule has 9 heteroatoms. The molecule has 0 aliphatic heterocycles. The van der Waals surface area contributed by atoms with Gasteiger partial charge in [-0.25, -0.2) is 4.57 Å². The number of hydrogen-bond acceptors (Lipinski definition) is 5. The fourth-order valence-corrected chi connectivity index (χ4v) is 13.1. The molecule has 0 bridgehead atoms. The summed E-state index contributed by atoms with van der Waals surface area (Å²) in [5.41, 5.74) is 0. The summed E-state index contributed by atoms with van der Waals surface area (Å²) in [6.45, 7) is 4.95. The van der Waals surface area contributed by atoms with Crippen molar-refractivity contribution in [2.45, 2.75) is 431 Å². The summed E-state index contributed by atoms with van der Waals surface area (Å²) in [6, 6.07) is -0.759. The van der Waals surface area contributed by atoms with E-state index in [0.717, 1.165) is 44.9 Å². The minimum Gasteiger partial charge on any atom is -0.391 e. The molecule has 0 rings (SSSR count). The number of carbonyl (C=O) groups excluding carboxylic acids is 1. The number of phosphoric acid groups is 1. The van der Waals surface area contributed by atoms with Gasteiger partial charge in [-0.2, -0.15) is 0 Å². The Morgan fingerprint density at radius 1 is 0.391 bits per heavy atom. The van der Waals surface area contributed by atoms with Gasteiger partial charge in [0.25, 0.3) is 0 Å². The number of amides is 1. The Bertz CT molecular complexity index is 1470. The van der Waals surface area contributed by atoms with Crippen LogP contribution in [-0.4, -0.2) is 73.4 Å². The minimum atomic E-state index is -4.33. The first-order chi connectivity index (χ1) is 42.5. The predicted molar refractivity (Wildman–Crippen MR) is 383 cm³/mol. The lowest BCUT2D eigenvalue weighted by atomic mass is 10.0. The average molecular weight is 1250 g/mol. The third-order valence-electron chi connectivity index (χ3n) is 18.5. The molecule has 0 heterocycles. The zero-order valence-corrected chi connectivity index (χ0v) is 60.4. The van der Waals surface area contributed by atoms with Gasteiger partial charge in [-0.05, 0) is 44.9 Å². The van der Waals surface area contributed by atoms with Crippen LogP contribution in [0.3, 0.4) is 0 Å². The van der Waals surface area contributed by atoms with Crippen LogP contribution >= 0.6 is 7.82 Å². The molecule has 0 aromatic rings. The smallest absolute Gasteiger partial charge is 0.391 e. The molecule has 0 saturated carbocycles. The van der Waals surface area contributed by atoms with Crippen molar-refractivity contribution in [3.63, 3.8) is 0 Å². The lowest BCUT2D eigenvalue weighted by molar-refractivity contribution is -0.870. The molecule has 0 radical (unpaired) electrons. The van der Waals surface area contributed by atoms with Crippen molar-refractivity contribution in [2.75, 3.05) is 40.9 Å². The average Bonchev–Trinajstić information content (AvgIpc) is 3.69. The van der Waals surface area contributed by atoms with Crippen LogP contribution in [-0.2, 0) is 18.4 Å². The van der Waals surface area contributed by atoms with E-state index in [4.69, 9.17) is 9.05 Å². The second kappa shape index (κ2) is 69.3. The van der Waals surface area contributed by atoms with Crippen molar-refractivity contribution in [3.05, 3.63) is 24.3 Å². The maximum absolute atomic E-state index is 13.1. The van der Waals surface area contributed by atoms with Crippen molar-refractivity contribution in [1.29, 1.82) is 0 Å². The zero-order valence-electron chi connectivity index (χ0n) is 59.6. The standard InChI is InChI=1S/C78H155N2O6P/c1-6-8-10-12-14-16-18-20-22-24-26-28-30-32-34-35-36-37-38-39-40-41-42-43-44-45-46-48-50-52-54-56-58-60-62-64-66-68-70-72-78(82)79-76(75-86-87(83,84)85-74-73-80(3,4)5)77(81)71-69-67-65-63-61-59-57-55-53-51-49-47-33-31-29-27-25-23-21-19-17-15-13-11-9-7-2/h18,20,24,26,76-77,81H,6-17,19,21-23,25,27-75H2,1-5H3,(H-,79,82,83,84)/p+1/b20-18-,26-24-. The van der Waals surface area contributed by atoms with Crippen LogP contribution in [0.25, 0.3) is 0 Å². The maximum Gasteiger partial charge on any atom is 0.472 e. The van der Waals surface area contributed by atoms with Crippen molar-refractivity contribution in [1.82, 2.24) is 5.32 Å². The third kappa shape index (κ3) is 72.3. The minimum absolute atomic E-state index is 0.0783. The second-order valence-electron chi connectivity index (χ2n) is 28.4. The van der Waals surface area contributed by atoms with Gasteiger partial charge in [0.15, 0.2) is 0 Å². The topological polar surface area (TPSA) is 105 Å². The molecule has 518 valence electrons. The first kappa shape index (κ1) is 86.0. The Morgan fingerprint density at radius 3 is 0.943 bits per heavy atom. The van der Waals surface area contributed by atoms with Gasteiger partial charge in [-0.15, -0.1) is 0 Å². The highest BCUT2D eigenvalue weighted by Crippen LogP contribution is 2.43. The van der Waals surface area contributed by atoms with Crippen LogP contribution in [0, 0.1) is 0 Å². The SMILES string of the molecule is CCCCCCC/C=C\C/C=C\CCCCCCCCCCCCCCCCCCCCCCCCCCCCCC(=O)NC(COP(=O)(O)OCC[N+](C)(C)C)C(O)CCCCCCCCCCCCCCCCCCCCCCCCCCCC. The van der Waals surface area contributed by atoms with Gasteiger partial charge in [0.1, 0.15) is 13.2 Å². The van der Waals surface area contributed by atoms with Crippen LogP contribution < -0.4 is 5.32 Å². The van der Waals surface area contributed by atoms with Gasteiger partial charge in [0.05, 0.1) is 39.9 Å².